The van der Waals surface area contributed by atoms with Crippen LogP contribution in [0.5, 0.6) is 0 Å². The van der Waals surface area contributed by atoms with Crippen molar-refractivity contribution in [3.05, 3.63) is 30.1 Å². The van der Waals surface area contributed by atoms with Crippen LogP contribution in [0.25, 0.3) is 0 Å². The zero-order valence-corrected chi connectivity index (χ0v) is 12.6. The third kappa shape index (κ3) is 6.63. The Kier molecular flexibility index (Phi) is 7.18. The van der Waals surface area contributed by atoms with E-state index in [0.29, 0.717) is 13.1 Å². The Morgan fingerprint density at radius 2 is 2.10 bits per heavy atom. The van der Waals surface area contributed by atoms with Crippen molar-refractivity contribution in [2.75, 3.05) is 33.7 Å². The number of carboxylic acid groups (broad SMARTS) is 1. The molecule has 1 aromatic rings. The fourth-order valence-corrected chi connectivity index (χ4v) is 2.03. The normalized spacial score (nSPS) is 12.8. The van der Waals surface area contributed by atoms with Crippen LogP contribution in [0.3, 0.4) is 0 Å². The maximum atomic E-state index is 11.0. The van der Waals surface area contributed by atoms with Crippen LogP contribution in [0.4, 0.5) is 0 Å². The summed E-state index contributed by atoms with van der Waals surface area (Å²) in [6.45, 7) is 4.89. The number of nitrogens with zero attached hydrogens (tertiary/aromatic N) is 3. The summed E-state index contributed by atoms with van der Waals surface area (Å²) in [4.78, 5) is 19.6. The highest BCUT2D eigenvalue weighted by Crippen LogP contribution is 2.07. The van der Waals surface area contributed by atoms with Gasteiger partial charge in [-0.2, -0.15) is 0 Å². The summed E-state index contributed by atoms with van der Waals surface area (Å²) in [5, 5.41) is 9.06. The van der Waals surface area contributed by atoms with E-state index in [1.807, 2.05) is 32.3 Å². The van der Waals surface area contributed by atoms with Gasteiger partial charge in [-0.25, -0.2) is 0 Å². The first-order valence-electron chi connectivity index (χ1n) is 6.99. The molecule has 0 amide bonds. The van der Waals surface area contributed by atoms with Gasteiger partial charge < -0.3 is 10.0 Å². The van der Waals surface area contributed by atoms with Crippen LogP contribution >= 0.6 is 0 Å². The lowest BCUT2D eigenvalue weighted by molar-refractivity contribution is -0.141. The quantitative estimate of drug-likeness (QED) is 0.743. The lowest BCUT2D eigenvalue weighted by Crippen LogP contribution is -2.33. The SMILES string of the molecule is CC(CN(CCCN(C)C)Cc1ccccn1)C(=O)O. The average molecular weight is 279 g/mol. The van der Waals surface area contributed by atoms with Crippen molar-refractivity contribution in [1.29, 1.82) is 0 Å². The molecule has 1 unspecified atom stereocenters. The van der Waals surface area contributed by atoms with Gasteiger partial charge in [-0.15, -0.1) is 0 Å². The third-order valence-electron chi connectivity index (χ3n) is 3.15. The second kappa shape index (κ2) is 8.66. The molecule has 0 bridgehead atoms. The molecule has 1 atom stereocenters. The first kappa shape index (κ1) is 16.6. The van der Waals surface area contributed by atoms with E-state index in [0.717, 1.165) is 25.2 Å². The van der Waals surface area contributed by atoms with Gasteiger partial charge in [-0.3, -0.25) is 14.7 Å². The van der Waals surface area contributed by atoms with Crippen LogP contribution in [-0.4, -0.2) is 59.6 Å². The topological polar surface area (TPSA) is 56.7 Å². The predicted octanol–water partition coefficient (Wildman–Crippen LogP) is 1.56. The minimum atomic E-state index is -0.747. The highest BCUT2D eigenvalue weighted by Gasteiger charge is 2.16. The van der Waals surface area contributed by atoms with Crippen molar-refractivity contribution in [3.8, 4) is 0 Å². The Morgan fingerprint density at radius 1 is 1.35 bits per heavy atom. The number of aromatic nitrogens is 1. The predicted molar refractivity (Wildman–Crippen MR) is 79.5 cm³/mol. The zero-order valence-electron chi connectivity index (χ0n) is 12.6. The van der Waals surface area contributed by atoms with E-state index in [4.69, 9.17) is 5.11 Å². The Labute approximate surface area is 121 Å². The van der Waals surface area contributed by atoms with E-state index in [1.165, 1.54) is 0 Å². The molecule has 1 heterocycles. The van der Waals surface area contributed by atoms with Crippen LogP contribution in [-0.2, 0) is 11.3 Å². The fourth-order valence-electron chi connectivity index (χ4n) is 2.03. The Morgan fingerprint density at radius 3 is 2.65 bits per heavy atom. The van der Waals surface area contributed by atoms with Gasteiger partial charge >= 0.3 is 5.97 Å². The molecule has 0 aromatic carbocycles. The average Bonchev–Trinajstić information content (AvgIpc) is 2.39. The first-order valence-corrected chi connectivity index (χ1v) is 6.99. The van der Waals surface area contributed by atoms with Crippen molar-refractivity contribution in [1.82, 2.24) is 14.8 Å². The van der Waals surface area contributed by atoms with E-state index in [9.17, 15) is 4.79 Å². The van der Waals surface area contributed by atoms with Crippen LogP contribution in [0.2, 0.25) is 0 Å². The molecular formula is C15H25N3O2. The van der Waals surface area contributed by atoms with E-state index < -0.39 is 5.97 Å². The summed E-state index contributed by atoms with van der Waals surface area (Å²) in [5.41, 5.74) is 0.981. The lowest BCUT2D eigenvalue weighted by Gasteiger charge is -2.24. The van der Waals surface area contributed by atoms with Crippen LogP contribution < -0.4 is 0 Å². The first-order chi connectivity index (χ1) is 9.49. The Hall–Kier alpha value is -1.46. The molecule has 112 valence electrons. The van der Waals surface area contributed by atoms with Crippen molar-refractivity contribution in [2.24, 2.45) is 5.92 Å². The second-order valence-corrected chi connectivity index (χ2v) is 5.45. The molecule has 0 aliphatic heterocycles. The molecule has 0 aliphatic rings. The maximum absolute atomic E-state index is 11.0. The van der Waals surface area contributed by atoms with Gasteiger partial charge in [-0.05, 0) is 45.7 Å². The lowest BCUT2D eigenvalue weighted by atomic mass is 10.1. The van der Waals surface area contributed by atoms with E-state index in [2.05, 4.69) is 14.8 Å². The highest BCUT2D eigenvalue weighted by molar-refractivity contribution is 5.69. The zero-order chi connectivity index (χ0) is 15.0. The number of carbonyl (C=O) groups is 1. The van der Waals surface area contributed by atoms with Crippen molar-refractivity contribution in [2.45, 2.75) is 19.9 Å². The molecule has 20 heavy (non-hydrogen) atoms. The summed E-state index contributed by atoms with van der Waals surface area (Å²) in [7, 11) is 4.09. The number of aliphatic carboxylic acids is 1. The molecule has 0 aliphatic carbocycles. The standard InChI is InChI=1S/C15H25N3O2/c1-13(15(19)20)11-18(10-6-9-17(2)3)12-14-7-4-5-8-16-14/h4-5,7-8,13H,6,9-12H2,1-3H3,(H,19,20). The third-order valence-corrected chi connectivity index (χ3v) is 3.15. The monoisotopic (exact) mass is 279 g/mol. The van der Waals surface area contributed by atoms with E-state index in [1.54, 1.807) is 13.1 Å². The van der Waals surface area contributed by atoms with Crippen LogP contribution in [0, 0.1) is 5.92 Å². The van der Waals surface area contributed by atoms with Crippen LogP contribution in [0.15, 0.2) is 24.4 Å². The molecule has 1 aromatic heterocycles. The number of rotatable bonds is 9. The Balaban J connectivity index is 2.56. The van der Waals surface area contributed by atoms with Gasteiger partial charge in [0.2, 0.25) is 0 Å². The van der Waals surface area contributed by atoms with Crippen molar-refractivity contribution >= 4 is 5.97 Å². The van der Waals surface area contributed by atoms with Gasteiger partial charge in [0.25, 0.3) is 0 Å². The Bertz CT molecular complexity index is 395. The van der Waals surface area contributed by atoms with Crippen molar-refractivity contribution in [3.63, 3.8) is 0 Å². The van der Waals surface area contributed by atoms with Gasteiger partial charge in [0, 0.05) is 19.3 Å². The van der Waals surface area contributed by atoms with Gasteiger partial charge in [-0.1, -0.05) is 13.0 Å². The van der Waals surface area contributed by atoms with Crippen molar-refractivity contribution < 1.29 is 9.90 Å². The molecule has 0 fully saturated rings. The smallest absolute Gasteiger partial charge is 0.307 e. The van der Waals surface area contributed by atoms with Crippen LogP contribution in [0.1, 0.15) is 19.0 Å². The summed E-state index contributed by atoms with van der Waals surface area (Å²) < 4.78 is 0. The molecule has 0 radical (unpaired) electrons. The molecule has 1 N–H and O–H groups in total. The molecular weight excluding hydrogens is 254 g/mol. The van der Waals surface area contributed by atoms with Gasteiger partial charge in [0.15, 0.2) is 0 Å². The highest BCUT2D eigenvalue weighted by atomic mass is 16.4. The maximum Gasteiger partial charge on any atom is 0.307 e. The number of carboxylic acids is 1. The number of hydrogen-bond donors (Lipinski definition) is 1. The molecule has 1 rings (SSSR count). The molecule has 0 saturated carbocycles. The largest absolute Gasteiger partial charge is 0.481 e. The number of hydrogen-bond acceptors (Lipinski definition) is 4. The second-order valence-electron chi connectivity index (χ2n) is 5.45. The summed E-state index contributed by atoms with van der Waals surface area (Å²) in [5.74, 6) is -1.11. The number of pyridine rings is 1. The summed E-state index contributed by atoms with van der Waals surface area (Å²) >= 11 is 0. The van der Waals surface area contributed by atoms with E-state index >= 15 is 0 Å². The molecule has 5 heteroatoms. The molecule has 0 saturated heterocycles. The fraction of sp³-hybridized carbons (Fsp3) is 0.600. The minimum Gasteiger partial charge on any atom is -0.481 e. The van der Waals surface area contributed by atoms with Gasteiger partial charge in [0.1, 0.15) is 0 Å². The summed E-state index contributed by atoms with van der Waals surface area (Å²) in [6.07, 6.45) is 2.79. The minimum absolute atomic E-state index is 0.363. The molecule has 0 spiro atoms. The van der Waals surface area contributed by atoms with E-state index in [-0.39, 0.29) is 5.92 Å². The van der Waals surface area contributed by atoms with Gasteiger partial charge in [0.05, 0.1) is 11.6 Å². The molecule has 5 nitrogen and oxygen atoms in total. The summed E-state index contributed by atoms with van der Waals surface area (Å²) in [6, 6.07) is 5.82.